The fourth-order valence-corrected chi connectivity index (χ4v) is 2.14. The molecule has 1 aliphatic carbocycles. The number of carbonyl (C=O) groups excluding carboxylic acids is 1. The molecule has 94 valence electrons. The molecular weight excluding hydrogens is 221 g/mol. The van der Waals surface area contributed by atoms with Crippen LogP contribution < -0.4 is 5.73 Å². The summed E-state index contributed by atoms with van der Waals surface area (Å²) in [5, 5.41) is 0. The molecular formula is C10H17F3N2O. The number of halogens is 3. The molecule has 0 aromatic rings. The second-order valence-corrected chi connectivity index (χ2v) is 4.16. The third kappa shape index (κ3) is 3.10. The van der Waals surface area contributed by atoms with E-state index >= 15 is 0 Å². The van der Waals surface area contributed by atoms with E-state index < -0.39 is 12.1 Å². The van der Waals surface area contributed by atoms with E-state index in [-0.39, 0.29) is 18.6 Å². The van der Waals surface area contributed by atoms with Crippen LogP contribution in [0.5, 0.6) is 0 Å². The van der Waals surface area contributed by atoms with Crippen molar-refractivity contribution < 1.29 is 18.0 Å². The maximum absolute atomic E-state index is 12.3. The number of amides is 1. The van der Waals surface area contributed by atoms with E-state index in [1.807, 2.05) is 0 Å². The minimum Gasteiger partial charge on any atom is -0.332 e. The van der Waals surface area contributed by atoms with Gasteiger partial charge in [0.15, 0.2) is 0 Å². The van der Waals surface area contributed by atoms with Gasteiger partial charge in [-0.3, -0.25) is 4.79 Å². The van der Waals surface area contributed by atoms with Gasteiger partial charge >= 0.3 is 12.1 Å². The zero-order valence-electron chi connectivity index (χ0n) is 9.26. The van der Waals surface area contributed by atoms with Gasteiger partial charge in [-0.15, -0.1) is 0 Å². The summed E-state index contributed by atoms with van der Waals surface area (Å²) in [7, 11) is 0. The van der Waals surface area contributed by atoms with Gasteiger partial charge in [-0.25, -0.2) is 0 Å². The second-order valence-electron chi connectivity index (χ2n) is 4.16. The molecule has 1 rings (SSSR count). The van der Waals surface area contributed by atoms with Crippen LogP contribution in [0.3, 0.4) is 0 Å². The van der Waals surface area contributed by atoms with Gasteiger partial charge in [0.1, 0.15) is 0 Å². The Morgan fingerprint density at radius 2 is 1.81 bits per heavy atom. The lowest BCUT2D eigenvalue weighted by Crippen LogP contribution is -2.49. The summed E-state index contributed by atoms with van der Waals surface area (Å²) in [6, 6.07) is -0.241. The first-order valence-corrected chi connectivity index (χ1v) is 5.49. The van der Waals surface area contributed by atoms with Gasteiger partial charge in [-0.2, -0.15) is 13.2 Å². The molecule has 0 unspecified atom stereocenters. The van der Waals surface area contributed by atoms with E-state index in [9.17, 15) is 18.0 Å². The number of hydrogen-bond donors (Lipinski definition) is 1. The molecule has 0 radical (unpaired) electrons. The smallest absolute Gasteiger partial charge is 0.332 e. The molecule has 0 saturated heterocycles. The SMILES string of the molecule is CCN(C(=O)C(F)(F)F)C1CCC(N)CC1. The van der Waals surface area contributed by atoms with Gasteiger partial charge in [0, 0.05) is 18.6 Å². The Balaban J connectivity index is 2.64. The van der Waals surface area contributed by atoms with Gasteiger partial charge in [0.25, 0.3) is 0 Å². The first-order chi connectivity index (χ1) is 7.36. The van der Waals surface area contributed by atoms with Crippen molar-refractivity contribution in [2.75, 3.05) is 6.54 Å². The van der Waals surface area contributed by atoms with Crippen molar-refractivity contribution in [3.63, 3.8) is 0 Å². The number of nitrogens with two attached hydrogens (primary N) is 1. The first kappa shape index (κ1) is 13.3. The minimum absolute atomic E-state index is 0.0657. The molecule has 0 heterocycles. The van der Waals surface area contributed by atoms with Crippen molar-refractivity contribution >= 4 is 5.91 Å². The largest absolute Gasteiger partial charge is 0.471 e. The quantitative estimate of drug-likeness (QED) is 0.795. The summed E-state index contributed by atoms with van der Waals surface area (Å²) in [6.45, 7) is 1.66. The molecule has 1 fully saturated rings. The molecule has 0 spiro atoms. The van der Waals surface area contributed by atoms with Crippen molar-refractivity contribution in [2.45, 2.75) is 50.9 Å². The van der Waals surface area contributed by atoms with Crippen LogP contribution in [0, 0.1) is 0 Å². The maximum atomic E-state index is 12.3. The van der Waals surface area contributed by atoms with Crippen molar-refractivity contribution in [1.82, 2.24) is 4.90 Å². The van der Waals surface area contributed by atoms with E-state index in [1.54, 1.807) is 6.92 Å². The van der Waals surface area contributed by atoms with E-state index in [1.165, 1.54) is 0 Å². The van der Waals surface area contributed by atoms with Crippen LogP contribution in [-0.2, 0) is 4.79 Å². The predicted octanol–water partition coefficient (Wildman–Crippen LogP) is 1.67. The highest BCUT2D eigenvalue weighted by molar-refractivity contribution is 5.82. The number of nitrogens with zero attached hydrogens (tertiary/aromatic N) is 1. The molecule has 16 heavy (non-hydrogen) atoms. The number of hydrogen-bond acceptors (Lipinski definition) is 2. The van der Waals surface area contributed by atoms with Crippen LogP contribution in [-0.4, -0.2) is 35.6 Å². The molecule has 1 saturated carbocycles. The Kier molecular flexibility index (Phi) is 4.18. The third-order valence-corrected chi connectivity index (χ3v) is 3.03. The molecule has 3 nitrogen and oxygen atoms in total. The summed E-state index contributed by atoms with van der Waals surface area (Å²) in [5.74, 6) is -1.73. The molecule has 0 bridgehead atoms. The molecule has 0 atom stereocenters. The minimum atomic E-state index is -4.77. The van der Waals surface area contributed by atoms with Crippen LogP contribution >= 0.6 is 0 Å². The molecule has 1 aliphatic rings. The average molecular weight is 238 g/mol. The Bertz CT molecular complexity index is 247. The third-order valence-electron chi connectivity index (χ3n) is 3.03. The monoisotopic (exact) mass is 238 g/mol. The van der Waals surface area contributed by atoms with Gasteiger partial charge in [-0.05, 0) is 32.6 Å². The fourth-order valence-electron chi connectivity index (χ4n) is 2.14. The topological polar surface area (TPSA) is 46.3 Å². The molecule has 0 aromatic heterocycles. The van der Waals surface area contributed by atoms with E-state index in [0.717, 1.165) is 4.90 Å². The molecule has 2 N–H and O–H groups in total. The van der Waals surface area contributed by atoms with Crippen molar-refractivity contribution in [2.24, 2.45) is 5.73 Å². The average Bonchev–Trinajstić information content (AvgIpc) is 2.20. The van der Waals surface area contributed by atoms with Crippen LogP contribution in [0.15, 0.2) is 0 Å². The summed E-state index contributed by atoms with van der Waals surface area (Å²) >= 11 is 0. The summed E-state index contributed by atoms with van der Waals surface area (Å²) in [4.78, 5) is 12.1. The van der Waals surface area contributed by atoms with E-state index in [4.69, 9.17) is 5.73 Å². The molecule has 0 aromatic carbocycles. The lowest BCUT2D eigenvalue weighted by atomic mass is 9.90. The molecule has 1 amide bonds. The van der Waals surface area contributed by atoms with Crippen molar-refractivity contribution in [3.05, 3.63) is 0 Å². The zero-order valence-corrected chi connectivity index (χ0v) is 9.26. The van der Waals surface area contributed by atoms with Crippen molar-refractivity contribution in [3.8, 4) is 0 Å². The Morgan fingerprint density at radius 3 is 2.19 bits per heavy atom. The van der Waals surface area contributed by atoms with Crippen LogP contribution in [0.2, 0.25) is 0 Å². The molecule has 0 aliphatic heterocycles. The highest BCUT2D eigenvalue weighted by Crippen LogP contribution is 2.26. The van der Waals surface area contributed by atoms with Gasteiger partial charge in [0.05, 0.1) is 0 Å². The van der Waals surface area contributed by atoms with Gasteiger partial charge in [-0.1, -0.05) is 0 Å². The lowest BCUT2D eigenvalue weighted by Gasteiger charge is -2.35. The highest BCUT2D eigenvalue weighted by Gasteiger charge is 2.44. The predicted molar refractivity (Wildman–Crippen MR) is 53.7 cm³/mol. The summed E-state index contributed by atoms with van der Waals surface area (Å²) < 4.78 is 36.9. The Morgan fingerprint density at radius 1 is 1.31 bits per heavy atom. The Hall–Kier alpha value is -0.780. The van der Waals surface area contributed by atoms with Crippen molar-refractivity contribution in [1.29, 1.82) is 0 Å². The number of alkyl halides is 3. The van der Waals surface area contributed by atoms with Crippen LogP contribution in [0.25, 0.3) is 0 Å². The highest BCUT2D eigenvalue weighted by atomic mass is 19.4. The van der Waals surface area contributed by atoms with E-state index in [0.29, 0.717) is 25.7 Å². The van der Waals surface area contributed by atoms with Gasteiger partial charge < -0.3 is 10.6 Å². The van der Waals surface area contributed by atoms with Crippen LogP contribution in [0.1, 0.15) is 32.6 Å². The first-order valence-electron chi connectivity index (χ1n) is 5.49. The fraction of sp³-hybridized carbons (Fsp3) is 0.900. The summed E-state index contributed by atoms with van der Waals surface area (Å²) in [6.07, 6.45) is -2.26. The standard InChI is InChI=1S/C10H17F3N2O/c1-2-15(9(16)10(11,12)13)8-5-3-7(14)4-6-8/h7-8H,2-6,14H2,1H3. The van der Waals surface area contributed by atoms with Crippen LogP contribution in [0.4, 0.5) is 13.2 Å². The number of rotatable bonds is 2. The summed E-state index contributed by atoms with van der Waals surface area (Å²) in [5.41, 5.74) is 5.67. The van der Waals surface area contributed by atoms with E-state index in [2.05, 4.69) is 0 Å². The Labute approximate surface area is 92.8 Å². The maximum Gasteiger partial charge on any atom is 0.471 e. The lowest BCUT2D eigenvalue weighted by molar-refractivity contribution is -0.188. The van der Waals surface area contributed by atoms with Gasteiger partial charge in [0.2, 0.25) is 0 Å². The zero-order chi connectivity index (χ0) is 12.3. The normalized spacial score (nSPS) is 26.6. The number of carbonyl (C=O) groups is 1. The second kappa shape index (κ2) is 5.03. The molecule has 6 heteroatoms.